The van der Waals surface area contributed by atoms with Gasteiger partial charge in [-0.1, -0.05) is 6.07 Å². The first-order chi connectivity index (χ1) is 9.95. The Morgan fingerprint density at radius 3 is 2.29 bits per heavy atom. The van der Waals surface area contributed by atoms with Gasteiger partial charge in [0.05, 0.1) is 0 Å². The van der Waals surface area contributed by atoms with E-state index in [-0.39, 0.29) is 17.2 Å². The Hall–Kier alpha value is -2.76. The standard InChI is InChI=1S/C15H12F2N2O2/c1-9(20)18-11-4-2-3-10(7-11)15(21)19-12-5-6-13(16)14(17)8-12/h2-8H,1H3,(H,18,20)(H,19,21). The van der Waals surface area contributed by atoms with Gasteiger partial charge in [0.2, 0.25) is 5.91 Å². The zero-order valence-corrected chi connectivity index (χ0v) is 11.1. The Balaban J connectivity index is 2.16. The highest BCUT2D eigenvalue weighted by Crippen LogP contribution is 2.16. The molecule has 0 aliphatic rings. The van der Waals surface area contributed by atoms with E-state index < -0.39 is 17.5 Å². The van der Waals surface area contributed by atoms with Crippen molar-refractivity contribution in [2.24, 2.45) is 0 Å². The van der Waals surface area contributed by atoms with Crippen LogP contribution in [0, 0.1) is 11.6 Å². The molecule has 2 rings (SSSR count). The molecule has 2 aromatic carbocycles. The first-order valence-electron chi connectivity index (χ1n) is 6.10. The number of halogens is 2. The monoisotopic (exact) mass is 290 g/mol. The van der Waals surface area contributed by atoms with Crippen LogP contribution >= 0.6 is 0 Å². The zero-order valence-electron chi connectivity index (χ0n) is 11.1. The summed E-state index contributed by atoms with van der Waals surface area (Å²) >= 11 is 0. The van der Waals surface area contributed by atoms with Crippen LogP contribution < -0.4 is 10.6 Å². The topological polar surface area (TPSA) is 58.2 Å². The summed E-state index contributed by atoms with van der Waals surface area (Å²) in [7, 11) is 0. The minimum Gasteiger partial charge on any atom is -0.326 e. The molecule has 0 radical (unpaired) electrons. The summed E-state index contributed by atoms with van der Waals surface area (Å²) in [6.07, 6.45) is 0. The van der Waals surface area contributed by atoms with Crippen LogP contribution in [0.15, 0.2) is 42.5 Å². The zero-order chi connectivity index (χ0) is 15.4. The van der Waals surface area contributed by atoms with Crippen LogP contribution in [0.4, 0.5) is 20.2 Å². The van der Waals surface area contributed by atoms with Crippen LogP contribution in [-0.2, 0) is 4.79 Å². The van der Waals surface area contributed by atoms with E-state index in [1.807, 2.05) is 0 Å². The van der Waals surface area contributed by atoms with Crippen molar-refractivity contribution in [3.8, 4) is 0 Å². The molecule has 0 bridgehead atoms. The molecule has 2 amide bonds. The first kappa shape index (κ1) is 14.6. The van der Waals surface area contributed by atoms with Gasteiger partial charge in [-0.2, -0.15) is 0 Å². The average molecular weight is 290 g/mol. The lowest BCUT2D eigenvalue weighted by Crippen LogP contribution is -2.13. The van der Waals surface area contributed by atoms with Crippen molar-refractivity contribution in [1.82, 2.24) is 0 Å². The van der Waals surface area contributed by atoms with Gasteiger partial charge in [0.15, 0.2) is 11.6 Å². The maximum Gasteiger partial charge on any atom is 0.255 e. The summed E-state index contributed by atoms with van der Waals surface area (Å²) in [5.74, 6) is -2.78. The second-order valence-electron chi connectivity index (χ2n) is 4.35. The molecule has 0 saturated carbocycles. The fourth-order valence-electron chi connectivity index (χ4n) is 1.72. The molecule has 4 nitrogen and oxygen atoms in total. The Morgan fingerprint density at radius 2 is 1.62 bits per heavy atom. The van der Waals surface area contributed by atoms with E-state index >= 15 is 0 Å². The van der Waals surface area contributed by atoms with E-state index in [9.17, 15) is 18.4 Å². The second kappa shape index (κ2) is 6.13. The summed E-state index contributed by atoms with van der Waals surface area (Å²) in [6, 6.07) is 9.34. The number of nitrogens with one attached hydrogen (secondary N) is 2. The molecule has 0 fully saturated rings. The Labute approximate surface area is 119 Å². The van der Waals surface area contributed by atoms with Gasteiger partial charge in [0.1, 0.15) is 0 Å². The highest BCUT2D eigenvalue weighted by atomic mass is 19.2. The predicted molar refractivity (Wildman–Crippen MR) is 75.1 cm³/mol. The van der Waals surface area contributed by atoms with Crippen molar-refractivity contribution in [2.45, 2.75) is 6.92 Å². The van der Waals surface area contributed by atoms with Crippen molar-refractivity contribution in [1.29, 1.82) is 0 Å². The van der Waals surface area contributed by atoms with Crippen molar-refractivity contribution in [2.75, 3.05) is 10.6 Å². The lowest BCUT2D eigenvalue weighted by atomic mass is 10.2. The number of carbonyl (C=O) groups excluding carboxylic acids is 2. The van der Waals surface area contributed by atoms with E-state index in [4.69, 9.17) is 0 Å². The summed E-state index contributed by atoms with van der Waals surface area (Å²) in [6.45, 7) is 1.36. The number of amides is 2. The van der Waals surface area contributed by atoms with Gasteiger partial charge in [-0.25, -0.2) is 8.78 Å². The normalized spacial score (nSPS) is 10.0. The summed E-state index contributed by atoms with van der Waals surface area (Å²) in [4.78, 5) is 23.0. The Bertz CT molecular complexity index is 702. The number of rotatable bonds is 3. The number of anilines is 2. The lowest BCUT2D eigenvalue weighted by Gasteiger charge is -2.07. The van der Waals surface area contributed by atoms with Gasteiger partial charge in [-0.05, 0) is 30.3 Å². The molecule has 0 aliphatic carbocycles. The number of carbonyl (C=O) groups is 2. The average Bonchev–Trinajstić information content (AvgIpc) is 2.42. The molecule has 0 heterocycles. The molecule has 6 heteroatoms. The van der Waals surface area contributed by atoms with Gasteiger partial charge in [0, 0.05) is 29.9 Å². The molecule has 2 aromatic rings. The number of hydrogen-bond donors (Lipinski definition) is 2. The van der Waals surface area contributed by atoms with E-state index in [1.54, 1.807) is 18.2 Å². The quantitative estimate of drug-likeness (QED) is 0.912. The molecule has 0 aromatic heterocycles. The maximum atomic E-state index is 13.1. The highest BCUT2D eigenvalue weighted by molar-refractivity contribution is 6.05. The first-order valence-corrected chi connectivity index (χ1v) is 6.10. The van der Waals surface area contributed by atoms with Gasteiger partial charge in [0.25, 0.3) is 5.91 Å². The third kappa shape index (κ3) is 3.85. The van der Waals surface area contributed by atoms with Gasteiger partial charge < -0.3 is 10.6 Å². The molecule has 0 spiro atoms. The lowest BCUT2D eigenvalue weighted by molar-refractivity contribution is -0.114. The van der Waals surface area contributed by atoms with Crippen LogP contribution in [0.3, 0.4) is 0 Å². The van der Waals surface area contributed by atoms with Gasteiger partial charge >= 0.3 is 0 Å². The fourth-order valence-corrected chi connectivity index (χ4v) is 1.72. The minimum atomic E-state index is -1.04. The summed E-state index contributed by atoms with van der Waals surface area (Å²) < 4.78 is 25.9. The van der Waals surface area contributed by atoms with Crippen molar-refractivity contribution < 1.29 is 18.4 Å². The molecule has 21 heavy (non-hydrogen) atoms. The molecule has 0 unspecified atom stereocenters. The van der Waals surface area contributed by atoms with Crippen molar-refractivity contribution in [3.63, 3.8) is 0 Å². The molecule has 2 N–H and O–H groups in total. The third-order valence-electron chi connectivity index (χ3n) is 2.62. The molecule has 0 saturated heterocycles. The maximum absolute atomic E-state index is 13.1. The molecule has 0 atom stereocenters. The smallest absolute Gasteiger partial charge is 0.255 e. The molecular formula is C15H12F2N2O2. The second-order valence-corrected chi connectivity index (χ2v) is 4.35. The number of benzene rings is 2. The Morgan fingerprint density at radius 1 is 0.905 bits per heavy atom. The van der Waals surface area contributed by atoms with Gasteiger partial charge in [-0.3, -0.25) is 9.59 Å². The van der Waals surface area contributed by atoms with Crippen LogP contribution in [0.1, 0.15) is 17.3 Å². The van der Waals surface area contributed by atoms with Gasteiger partial charge in [-0.15, -0.1) is 0 Å². The largest absolute Gasteiger partial charge is 0.326 e. The van der Waals surface area contributed by atoms with E-state index in [1.165, 1.54) is 19.1 Å². The summed E-state index contributed by atoms with van der Waals surface area (Å²) in [5.41, 5.74) is 0.898. The third-order valence-corrected chi connectivity index (χ3v) is 2.62. The van der Waals surface area contributed by atoms with E-state index in [0.29, 0.717) is 5.69 Å². The Kier molecular flexibility index (Phi) is 4.27. The predicted octanol–water partition coefficient (Wildman–Crippen LogP) is 3.18. The SMILES string of the molecule is CC(=O)Nc1cccc(C(=O)Nc2ccc(F)c(F)c2)c1. The van der Waals surface area contributed by atoms with Crippen LogP contribution in [0.2, 0.25) is 0 Å². The van der Waals surface area contributed by atoms with Crippen LogP contribution in [-0.4, -0.2) is 11.8 Å². The number of hydrogen-bond acceptors (Lipinski definition) is 2. The van der Waals surface area contributed by atoms with Crippen molar-refractivity contribution >= 4 is 23.2 Å². The molecule has 0 aliphatic heterocycles. The highest BCUT2D eigenvalue weighted by Gasteiger charge is 2.09. The summed E-state index contributed by atoms with van der Waals surface area (Å²) in [5, 5.41) is 5.00. The van der Waals surface area contributed by atoms with Crippen molar-refractivity contribution in [3.05, 3.63) is 59.7 Å². The van der Waals surface area contributed by atoms with Crippen LogP contribution in [0.5, 0.6) is 0 Å². The van der Waals surface area contributed by atoms with Crippen LogP contribution in [0.25, 0.3) is 0 Å². The molecular weight excluding hydrogens is 278 g/mol. The fraction of sp³-hybridized carbons (Fsp3) is 0.0667. The minimum absolute atomic E-state index is 0.142. The molecule has 108 valence electrons. The van der Waals surface area contributed by atoms with E-state index in [2.05, 4.69) is 10.6 Å². The van der Waals surface area contributed by atoms with E-state index in [0.717, 1.165) is 12.1 Å².